The van der Waals surface area contributed by atoms with Crippen LogP contribution >= 0.6 is 0 Å². The maximum atomic E-state index is 13.7. The van der Waals surface area contributed by atoms with E-state index in [1.807, 2.05) is 55.4 Å². The first-order chi connectivity index (χ1) is 25.0. The Morgan fingerprint density at radius 3 is 1.09 bits per heavy atom. The Morgan fingerprint density at radius 2 is 0.741 bits per heavy atom. The molecule has 1 aliphatic heterocycles. The summed E-state index contributed by atoms with van der Waals surface area (Å²) in [5, 5.41) is 31.1. The Kier molecular flexibility index (Phi) is 20.2. The van der Waals surface area contributed by atoms with Crippen LogP contribution in [0.25, 0.3) is 0 Å². The zero-order chi connectivity index (χ0) is 41.4. The summed E-state index contributed by atoms with van der Waals surface area (Å²) in [6.07, 6.45) is -0.626. The molecule has 0 spiro atoms. The van der Waals surface area contributed by atoms with Crippen molar-refractivity contribution in [1.29, 1.82) is 0 Å². The van der Waals surface area contributed by atoms with Gasteiger partial charge in [0, 0.05) is 0 Å². The third kappa shape index (κ3) is 17.2. The average Bonchev–Trinajstić information content (AvgIpc) is 3.04. The molecule has 54 heavy (non-hydrogen) atoms. The standard InChI is InChI=1S/C37H66N8O9/c1-18(2)12-24-33(50)39-17-29(48)44-31(23(11)46)37(54)45-30(22(9)10)36(53)43-27(15-21(7)8)35(52)42-25(13-19(3)4)32(49)38-16-28(47)40-26(14-20(5)6)34(51)41-24/h18-27,30-31,46H,12-17H2,1-11H3,(H,38,49)(H,39,50)(H,40,47)(H,41,51)(H,42,52)(H,43,53)(H,44,48)(H,45,54)/t23-,24+,25+,26+,27+,30+,31+/m1/s1. The molecule has 0 aromatic heterocycles. The number of carbonyl (C=O) groups is 8. The fraction of sp³-hybridized carbons (Fsp3) is 0.784. The summed E-state index contributed by atoms with van der Waals surface area (Å²) in [5.74, 6) is -6.45. The van der Waals surface area contributed by atoms with Gasteiger partial charge < -0.3 is 47.6 Å². The van der Waals surface area contributed by atoms with Crippen LogP contribution in [0.3, 0.4) is 0 Å². The van der Waals surface area contributed by atoms with Gasteiger partial charge in [0.05, 0.1) is 19.2 Å². The largest absolute Gasteiger partial charge is 0.391 e. The van der Waals surface area contributed by atoms with Crippen molar-refractivity contribution in [2.24, 2.45) is 29.6 Å². The summed E-state index contributed by atoms with van der Waals surface area (Å²) in [6.45, 7) is 18.3. The smallest absolute Gasteiger partial charge is 0.245 e. The van der Waals surface area contributed by atoms with E-state index < -0.39 is 109 Å². The second kappa shape index (κ2) is 22.8. The Bertz CT molecular complexity index is 1320. The van der Waals surface area contributed by atoms with Crippen molar-refractivity contribution in [3.05, 3.63) is 0 Å². The first-order valence-corrected chi connectivity index (χ1v) is 19.1. The van der Waals surface area contributed by atoms with Gasteiger partial charge in [-0.25, -0.2) is 0 Å². The fourth-order valence-corrected chi connectivity index (χ4v) is 5.85. The molecule has 7 atom stereocenters. The highest BCUT2D eigenvalue weighted by molar-refractivity contribution is 5.98. The molecule has 0 bridgehead atoms. The molecule has 0 unspecified atom stereocenters. The van der Waals surface area contributed by atoms with E-state index in [0.717, 1.165) is 0 Å². The fourth-order valence-electron chi connectivity index (χ4n) is 5.85. The number of aliphatic hydroxyl groups is 1. The van der Waals surface area contributed by atoms with Crippen LogP contribution < -0.4 is 42.5 Å². The minimum absolute atomic E-state index is 0.0525. The molecular weight excluding hydrogens is 700 g/mol. The molecule has 1 aliphatic rings. The highest BCUT2D eigenvalue weighted by Gasteiger charge is 2.35. The minimum atomic E-state index is -1.52. The molecule has 8 amide bonds. The van der Waals surface area contributed by atoms with Crippen LogP contribution in [-0.2, 0) is 38.4 Å². The molecule has 9 N–H and O–H groups in total. The minimum Gasteiger partial charge on any atom is -0.391 e. The van der Waals surface area contributed by atoms with Gasteiger partial charge in [-0.2, -0.15) is 0 Å². The van der Waals surface area contributed by atoms with Crippen LogP contribution in [0.5, 0.6) is 0 Å². The molecule has 1 heterocycles. The van der Waals surface area contributed by atoms with E-state index in [-0.39, 0.29) is 49.4 Å². The van der Waals surface area contributed by atoms with Crippen LogP contribution in [0.1, 0.15) is 102 Å². The van der Waals surface area contributed by atoms with Crippen molar-refractivity contribution >= 4 is 47.3 Å². The van der Waals surface area contributed by atoms with Crippen molar-refractivity contribution in [3.63, 3.8) is 0 Å². The second-order valence-electron chi connectivity index (χ2n) is 16.3. The lowest BCUT2D eigenvalue weighted by Gasteiger charge is -2.29. The van der Waals surface area contributed by atoms with Gasteiger partial charge in [-0.1, -0.05) is 69.2 Å². The highest BCUT2D eigenvalue weighted by atomic mass is 16.3. The van der Waals surface area contributed by atoms with Crippen LogP contribution in [0, 0.1) is 29.6 Å². The lowest BCUT2D eigenvalue weighted by Crippen LogP contribution is -2.61. The van der Waals surface area contributed by atoms with E-state index in [1.165, 1.54) is 6.92 Å². The van der Waals surface area contributed by atoms with E-state index in [1.54, 1.807) is 13.8 Å². The summed E-state index contributed by atoms with van der Waals surface area (Å²) >= 11 is 0. The van der Waals surface area contributed by atoms with Crippen LogP contribution in [0.2, 0.25) is 0 Å². The summed E-state index contributed by atoms with van der Waals surface area (Å²) < 4.78 is 0. The van der Waals surface area contributed by atoms with Crippen molar-refractivity contribution in [2.45, 2.75) is 144 Å². The molecule has 17 nitrogen and oxygen atoms in total. The second-order valence-corrected chi connectivity index (χ2v) is 16.3. The van der Waals surface area contributed by atoms with E-state index in [0.29, 0.717) is 0 Å². The number of hydrogen-bond acceptors (Lipinski definition) is 9. The molecule has 0 saturated carbocycles. The van der Waals surface area contributed by atoms with Gasteiger partial charge in [0.2, 0.25) is 47.3 Å². The van der Waals surface area contributed by atoms with Gasteiger partial charge in [-0.3, -0.25) is 38.4 Å². The van der Waals surface area contributed by atoms with Gasteiger partial charge in [-0.15, -0.1) is 0 Å². The van der Waals surface area contributed by atoms with Crippen molar-refractivity contribution in [1.82, 2.24) is 42.5 Å². The lowest BCUT2D eigenvalue weighted by molar-refractivity contribution is -0.137. The Balaban J connectivity index is 3.63. The lowest BCUT2D eigenvalue weighted by atomic mass is 9.98. The maximum absolute atomic E-state index is 13.7. The molecule has 0 aromatic rings. The van der Waals surface area contributed by atoms with Crippen molar-refractivity contribution in [3.8, 4) is 0 Å². The van der Waals surface area contributed by atoms with Crippen LogP contribution in [-0.4, -0.2) is 108 Å². The van der Waals surface area contributed by atoms with Gasteiger partial charge in [0.15, 0.2) is 0 Å². The van der Waals surface area contributed by atoms with E-state index in [9.17, 15) is 43.5 Å². The van der Waals surface area contributed by atoms with E-state index in [4.69, 9.17) is 0 Å². The number of rotatable bonds is 10. The number of nitrogens with one attached hydrogen (secondary N) is 8. The third-order valence-corrected chi connectivity index (χ3v) is 8.55. The first kappa shape index (κ1) is 47.7. The predicted molar refractivity (Wildman–Crippen MR) is 202 cm³/mol. The van der Waals surface area contributed by atoms with E-state index in [2.05, 4.69) is 42.5 Å². The number of hydrogen-bond donors (Lipinski definition) is 9. The third-order valence-electron chi connectivity index (χ3n) is 8.55. The molecule has 0 aliphatic carbocycles. The maximum Gasteiger partial charge on any atom is 0.245 e. The van der Waals surface area contributed by atoms with Crippen molar-refractivity contribution < 1.29 is 43.5 Å². The summed E-state index contributed by atoms with van der Waals surface area (Å²) in [4.78, 5) is 107. The molecular formula is C37H66N8O9. The molecule has 308 valence electrons. The van der Waals surface area contributed by atoms with Gasteiger partial charge in [0.25, 0.3) is 0 Å². The Labute approximate surface area is 319 Å². The number of carbonyl (C=O) groups excluding carboxylic acids is 8. The number of amides is 8. The van der Waals surface area contributed by atoms with Crippen LogP contribution in [0.15, 0.2) is 0 Å². The highest BCUT2D eigenvalue weighted by Crippen LogP contribution is 2.12. The summed E-state index contributed by atoms with van der Waals surface area (Å²) in [6, 6.07) is -7.08. The van der Waals surface area contributed by atoms with Gasteiger partial charge in [0.1, 0.15) is 36.3 Å². The Morgan fingerprint density at radius 1 is 0.426 bits per heavy atom. The van der Waals surface area contributed by atoms with Crippen molar-refractivity contribution in [2.75, 3.05) is 13.1 Å². The molecule has 0 aromatic carbocycles. The predicted octanol–water partition coefficient (Wildman–Crippen LogP) is -0.638. The molecule has 0 radical (unpaired) electrons. The van der Waals surface area contributed by atoms with E-state index >= 15 is 0 Å². The monoisotopic (exact) mass is 766 g/mol. The topological polar surface area (TPSA) is 253 Å². The molecule has 17 heteroatoms. The normalized spacial score (nSPS) is 25.9. The first-order valence-electron chi connectivity index (χ1n) is 19.1. The number of aliphatic hydroxyl groups excluding tert-OH is 1. The van der Waals surface area contributed by atoms with Gasteiger partial charge in [-0.05, 0) is 62.2 Å². The molecule has 1 saturated heterocycles. The van der Waals surface area contributed by atoms with Crippen LogP contribution in [0.4, 0.5) is 0 Å². The molecule has 1 fully saturated rings. The Hall–Kier alpha value is -4.28. The SMILES string of the molecule is CC(C)C[C@@H]1NC(=O)CNC(=O)[C@H](CC(C)C)NC(=O)[C@H](CC(C)C)NC(=O)[C@H](C(C)C)NC(=O)[C@H]([C@@H](C)O)NC(=O)CNC(=O)[C@H](CC(C)C)NC1=O. The quantitative estimate of drug-likeness (QED) is 0.137. The van der Waals surface area contributed by atoms with Gasteiger partial charge >= 0.3 is 0 Å². The zero-order valence-corrected chi connectivity index (χ0v) is 33.9. The molecule has 1 rings (SSSR count). The summed E-state index contributed by atoms with van der Waals surface area (Å²) in [5.41, 5.74) is 0. The summed E-state index contributed by atoms with van der Waals surface area (Å²) in [7, 11) is 0. The zero-order valence-electron chi connectivity index (χ0n) is 33.9. The average molecular weight is 767 g/mol.